The number of hydrogen-bond donors (Lipinski definition) is 1. The number of ether oxygens (including phenoxy) is 2. The summed E-state index contributed by atoms with van der Waals surface area (Å²) in [6.07, 6.45) is 0. The first kappa shape index (κ1) is 15.6. The quantitative estimate of drug-likeness (QED) is 0.650. The van der Waals surface area contributed by atoms with Crippen molar-refractivity contribution in [3.8, 4) is 11.5 Å². The van der Waals surface area contributed by atoms with Gasteiger partial charge in [0.05, 0.1) is 10.6 Å². The lowest BCUT2D eigenvalue weighted by atomic mass is 10.2. The lowest BCUT2D eigenvalue weighted by Crippen LogP contribution is -2.14. The molecule has 3 nitrogen and oxygen atoms in total. The number of hydrogen-bond acceptors (Lipinski definition) is 3. The Balaban J connectivity index is 1.91. The van der Waals surface area contributed by atoms with Crippen molar-refractivity contribution in [3.05, 3.63) is 58.6 Å². The molecule has 0 radical (unpaired) electrons. The van der Waals surface area contributed by atoms with Gasteiger partial charge in [0.15, 0.2) is 0 Å². The summed E-state index contributed by atoms with van der Waals surface area (Å²) < 4.78 is 11.3. The third kappa shape index (κ3) is 4.34. The van der Waals surface area contributed by atoms with Gasteiger partial charge in [-0.05, 0) is 36.8 Å². The van der Waals surface area contributed by atoms with Crippen molar-refractivity contribution in [1.82, 2.24) is 0 Å². The molecular weight excluding hydrogens is 306 g/mol. The Morgan fingerprint density at radius 2 is 1.76 bits per heavy atom. The van der Waals surface area contributed by atoms with Crippen LogP contribution in [0.4, 0.5) is 0 Å². The highest BCUT2D eigenvalue weighted by Crippen LogP contribution is 2.25. The minimum Gasteiger partial charge on any atom is -0.489 e. The van der Waals surface area contributed by atoms with Crippen LogP contribution in [0.15, 0.2) is 42.5 Å². The van der Waals surface area contributed by atoms with E-state index in [9.17, 15) is 0 Å². The molecule has 0 amide bonds. The number of aryl methyl sites for hydroxylation is 1. The second-order valence-electron chi connectivity index (χ2n) is 4.49. The zero-order chi connectivity index (χ0) is 15.2. The van der Waals surface area contributed by atoms with Crippen LogP contribution in [0, 0.1) is 6.92 Å². The Kier molecular flexibility index (Phi) is 5.42. The molecule has 0 heterocycles. The molecule has 0 aliphatic carbocycles. The third-order valence-electron chi connectivity index (χ3n) is 2.84. The predicted octanol–water partition coefficient (Wildman–Crippen LogP) is 3.74. The van der Waals surface area contributed by atoms with Crippen LogP contribution < -0.4 is 15.2 Å². The van der Waals surface area contributed by atoms with E-state index in [-0.39, 0.29) is 0 Å². The first-order chi connectivity index (χ1) is 10.1. The SMILES string of the molecule is Cc1ccc(Cl)c(OCCOc2ccccc2C(N)=S)c1. The Morgan fingerprint density at radius 1 is 1.10 bits per heavy atom. The highest BCUT2D eigenvalue weighted by atomic mass is 35.5. The fourth-order valence-electron chi connectivity index (χ4n) is 1.82. The molecule has 0 spiro atoms. The van der Waals surface area contributed by atoms with Gasteiger partial charge in [-0.3, -0.25) is 0 Å². The van der Waals surface area contributed by atoms with E-state index in [4.69, 9.17) is 39.0 Å². The maximum atomic E-state index is 6.06. The van der Waals surface area contributed by atoms with Crippen molar-refractivity contribution < 1.29 is 9.47 Å². The molecule has 0 atom stereocenters. The summed E-state index contributed by atoms with van der Waals surface area (Å²) in [5.74, 6) is 1.31. The van der Waals surface area contributed by atoms with Crippen molar-refractivity contribution in [1.29, 1.82) is 0 Å². The monoisotopic (exact) mass is 321 g/mol. The molecule has 0 aliphatic heterocycles. The summed E-state index contributed by atoms with van der Waals surface area (Å²) in [5, 5.41) is 0.587. The number of halogens is 1. The Labute approximate surface area is 134 Å². The van der Waals surface area contributed by atoms with Crippen LogP contribution in [0.3, 0.4) is 0 Å². The summed E-state index contributed by atoms with van der Waals surface area (Å²) >= 11 is 11.0. The topological polar surface area (TPSA) is 44.5 Å². The van der Waals surface area contributed by atoms with Crippen molar-refractivity contribution in [3.63, 3.8) is 0 Å². The van der Waals surface area contributed by atoms with Gasteiger partial charge in [-0.25, -0.2) is 0 Å². The van der Waals surface area contributed by atoms with Crippen molar-refractivity contribution >= 4 is 28.8 Å². The fraction of sp³-hybridized carbons (Fsp3) is 0.188. The van der Waals surface area contributed by atoms with Gasteiger partial charge in [0, 0.05) is 0 Å². The van der Waals surface area contributed by atoms with Crippen molar-refractivity contribution in [2.45, 2.75) is 6.92 Å². The van der Waals surface area contributed by atoms with Crippen LogP contribution in [0.5, 0.6) is 11.5 Å². The maximum Gasteiger partial charge on any atom is 0.138 e. The van der Waals surface area contributed by atoms with Crippen molar-refractivity contribution in [2.24, 2.45) is 5.73 Å². The molecule has 110 valence electrons. The molecule has 0 fully saturated rings. The van der Waals surface area contributed by atoms with Crippen molar-refractivity contribution in [2.75, 3.05) is 13.2 Å². The van der Waals surface area contributed by atoms with E-state index in [0.29, 0.717) is 34.7 Å². The zero-order valence-corrected chi connectivity index (χ0v) is 13.2. The maximum absolute atomic E-state index is 6.06. The molecule has 0 bridgehead atoms. The molecule has 2 aromatic carbocycles. The summed E-state index contributed by atoms with van der Waals surface area (Å²) in [6.45, 7) is 2.75. The molecule has 2 N–H and O–H groups in total. The average Bonchev–Trinajstić information content (AvgIpc) is 2.47. The van der Waals surface area contributed by atoms with Crippen LogP contribution >= 0.6 is 23.8 Å². The fourth-order valence-corrected chi connectivity index (χ4v) is 2.16. The second kappa shape index (κ2) is 7.29. The Bertz CT molecular complexity index is 646. The standard InChI is InChI=1S/C16H16ClNO2S/c1-11-6-7-13(17)15(10-11)20-9-8-19-14-5-3-2-4-12(14)16(18)21/h2-7,10H,8-9H2,1H3,(H2,18,21). The highest BCUT2D eigenvalue weighted by Gasteiger charge is 2.06. The van der Waals surface area contributed by atoms with Crippen LogP contribution in [0.1, 0.15) is 11.1 Å². The average molecular weight is 322 g/mol. The summed E-state index contributed by atoms with van der Waals surface area (Å²) in [5.41, 5.74) is 7.46. The molecule has 0 saturated heterocycles. The van der Waals surface area contributed by atoms with Crippen LogP contribution in [0.25, 0.3) is 0 Å². The smallest absolute Gasteiger partial charge is 0.138 e. The summed E-state index contributed by atoms with van der Waals surface area (Å²) in [4.78, 5) is 0.313. The van der Waals surface area contributed by atoms with E-state index in [1.54, 1.807) is 0 Å². The Hall–Kier alpha value is -1.78. The van der Waals surface area contributed by atoms with E-state index in [1.807, 2.05) is 49.4 Å². The minimum atomic E-state index is 0.313. The lowest BCUT2D eigenvalue weighted by molar-refractivity contribution is 0.217. The van der Waals surface area contributed by atoms with Gasteiger partial charge < -0.3 is 15.2 Å². The molecule has 2 rings (SSSR count). The molecule has 5 heteroatoms. The van der Waals surface area contributed by atoms with E-state index in [2.05, 4.69) is 0 Å². The van der Waals surface area contributed by atoms with Gasteiger partial charge in [-0.15, -0.1) is 0 Å². The van der Waals surface area contributed by atoms with Crippen LogP contribution in [0.2, 0.25) is 5.02 Å². The molecule has 0 aliphatic rings. The molecule has 0 unspecified atom stereocenters. The van der Waals surface area contributed by atoms with Crippen LogP contribution in [-0.2, 0) is 0 Å². The first-order valence-electron chi connectivity index (χ1n) is 6.48. The summed E-state index contributed by atoms with van der Waals surface area (Å²) in [7, 11) is 0. The number of rotatable bonds is 6. The number of nitrogens with two attached hydrogens (primary N) is 1. The van der Waals surface area contributed by atoms with Gasteiger partial charge in [-0.1, -0.05) is 42.0 Å². The first-order valence-corrected chi connectivity index (χ1v) is 7.27. The van der Waals surface area contributed by atoms with Gasteiger partial charge >= 0.3 is 0 Å². The zero-order valence-electron chi connectivity index (χ0n) is 11.6. The summed E-state index contributed by atoms with van der Waals surface area (Å²) in [6, 6.07) is 13.0. The van der Waals surface area contributed by atoms with Crippen LogP contribution in [-0.4, -0.2) is 18.2 Å². The van der Waals surface area contributed by atoms with E-state index in [1.165, 1.54) is 0 Å². The van der Waals surface area contributed by atoms with Gasteiger partial charge in [0.1, 0.15) is 29.7 Å². The van der Waals surface area contributed by atoms with Gasteiger partial charge in [-0.2, -0.15) is 0 Å². The molecule has 0 aromatic heterocycles. The minimum absolute atomic E-state index is 0.313. The Morgan fingerprint density at radius 3 is 2.48 bits per heavy atom. The molecule has 21 heavy (non-hydrogen) atoms. The van der Waals surface area contributed by atoms with E-state index in [0.717, 1.165) is 11.1 Å². The lowest BCUT2D eigenvalue weighted by Gasteiger charge is -2.12. The second-order valence-corrected chi connectivity index (χ2v) is 5.34. The highest BCUT2D eigenvalue weighted by molar-refractivity contribution is 7.80. The molecule has 2 aromatic rings. The molecule has 0 saturated carbocycles. The number of thiocarbonyl (C=S) groups is 1. The normalized spacial score (nSPS) is 10.2. The van der Waals surface area contributed by atoms with Gasteiger partial charge in [0.25, 0.3) is 0 Å². The molecular formula is C16H16ClNO2S. The van der Waals surface area contributed by atoms with E-state index < -0.39 is 0 Å². The largest absolute Gasteiger partial charge is 0.489 e. The van der Waals surface area contributed by atoms with E-state index >= 15 is 0 Å². The number of benzene rings is 2. The number of para-hydroxylation sites is 1. The predicted molar refractivity (Wildman–Crippen MR) is 89.5 cm³/mol. The third-order valence-corrected chi connectivity index (χ3v) is 3.37. The van der Waals surface area contributed by atoms with Gasteiger partial charge in [0.2, 0.25) is 0 Å².